The fourth-order valence-electron chi connectivity index (χ4n) is 3.05. The van der Waals surface area contributed by atoms with Crippen molar-refractivity contribution in [3.05, 3.63) is 59.9 Å². The monoisotopic (exact) mass is 430 g/mol. The third-order valence-corrected chi connectivity index (χ3v) is 5.07. The molecule has 0 heterocycles. The predicted molar refractivity (Wildman–Crippen MR) is 117 cm³/mol. The van der Waals surface area contributed by atoms with Crippen molar-refractivity contribution in [1.82, 2.24) is 10.2 Å². The van der Waals surface area contributed by atoms with E-state index in [0.717, 1.165) is 12.0 Å². The summed E-state index contributed by atoms with van der Waals surface area (Å²) in [7, 11) is 1.59. The average Bonchev–Trinajstić information content (AvgIpc) is 2.78. The fraction of sp³-hybridized carbons (Fsp3) is 0.417. The van der Waals surface area contributed by atoms with Crippen molar-refractivity contribution >= 4 is 11.8 Å². The Kier molecular flexibility index (Phi) is 9.31. The van der Waals surface area contributed by atoms with Crippen LogP contribution >= 0.6 is 0 Å². The van der Waals surface area contributed by atoms with Gasteiger partial charge in [-0.1, -0.05) is 26.0 Å². The SMILES string of the molecule is CC[C@@H](C)NC(=O)[C@@H](CC)N(Cc1ccc(OC)cc1)C(=O)COc1ccc(F)cc1. The number of rotatable bonds is 11. The van der Waals surface area contributed by atoms with Gasteiger partial charge in [0.2, 0.25) is 5.91 Å². The lowest BCUT2D eigenvalue weighted by Crippen LogP contribution is -2.51. The van der Waals surface area contributed by atoms with Gasteiger partial charge in [0.05, 0.1) is 7.11 Å². The number of nitrogens with zero attached hydrogens (tertiary/aromatic N) is 1. The smallest absolute Gasteiger partial charge is 0.261 e. The van der Waals surface area contributed by atoms with E-state index in [0.29, 0.717) is 17.9 Å². The van der Waals surface area contributed by atoms with Crippen LogP contribution in [0.25, 0.3) is 0 Å². The molecule has 0 bridgehead atoms. The average molecular weight is 431 g/mol. The van der Waals surface area contributed by atoms with Crippen molar-refractivity contribution in [2.75, 3.05) is 13.7 Å². The number of methoxy groups -OCH3 is 1. The second-order valence-electron chi connectivity index (χ2n) is 7.35. The first-order valence-corrected chi connectivity index (χ1v) is 10.5. The summed E-state index contributed by atoms with van der Waals surface area (Å²) < 4.78 is 23.8. The van der Waals surface area contributed by atoms with E-state index in [2.05, 4.69) is 5.32 Å². The molecule has 6 nitrogen and oxygen atoms in total. The van der Waals surface area contributed by atoms with Crippen LogP contribution in [0.15, 0.2) is 48.5 Å². The van der Waals surface area contributed by atoms with Crippen LogP contribution in [0.1, 0.15) is 39.2 Å². The molecule has 31 heavy (non-hydrogen) atoms. The topological polar surface area (TPSA) is 67.9 Å². The number of nitrogens with one attached hydrogen (secondary N) is 1. The fourth-order valence-corrected chi connectivity index (χ4v) is 3.05. The zero-order chi connectivity index (χ0) is 22.8. The number of hydrogen-bond acceptors (Lipinski definition) is 4. The maximum absolute atomic E-state index is 13.1. The Balaban J connectivity index is 2.20. The summed E-state index contributed by atoms with van der Waals surface area (Å²) in [4.78, 5) is 27.5. The Bertz CT molecular complexity index is 840. The molecule has 0 aliphatic carbocycles. The Labute approximate surface area is 183 Å². The second kappa shape index (κ2) is 11.9. The lowest BCUT2D eigenvalue weighted by molar-refractivity contribution is -0.143. The summed E-state index contributed by atoms with van der Waals surface area (Å²) in [5.74, 6) is 0.193. The zero-order valence-electron chi connectivity index (χ0n) is 18.6. The molecular formula is C24H31FN2O4. The number of amides is 2. The van der Waals surface area contributed by atoms with Crippen LogP contribution in [0.5, 0.6) is 11.5 Å². The van der Waals surface area contributed by atoms with Crippen molar-refractivity contribution in [2.24, 2.45) is 0 Å². The molecule has 2 rings (SSSR count). The van der Waals surface area contributed by atoms with Gasteiger partial charge >= 0.3 is 0 Å². The third kappa shape index (κ3) is 7.27. The van der Waals surface area contributed by atoms with Gasteiger partial charge in [0.15, 0.2) is 6.61 Å². The number of carbonyl (C=O) groups is 2. The highest BCUT2D eigenvalue weighted by molar-refractivity contribution is 5.88. The minimum atomic E-state index is -0.639. The highest BCUT2D eigenvalue weighted by atomic mass is 19.1. The van der Waals surface area contributed by atoms with Gasteiger partial charge in [-0.25, -0.2) is 4.39 Å². The first-order chi connectivity index (χ1) is 14.9. The lowest BCUT2D eigenvalue weighted by atomic mass is 10.1. The molecule has 0 aliphatic rings. The molecule has 0 radical (unpaired) electrons. The minimum Gasteiger partial charge on any atom is -0.497 e. The van der Waals surface area contributed by atoms with Crippen LogP contribution in [0.4, 0.5) is 4.39 Å². The summed E-state index contributed by atoms with van der Waals surface area (Å²) in [6.07, 6.45) is 1.25. The van der Waals surface area contributed by atoms with Gasteiger partial charge < -0.3 is 19.7 Å². The highest BCUT2D eigenvalue weighted by Crippen LogP contribution is 2.17. The van der Waals surface area contributed by atoms with Gasteiger partial charge in [-0.15, -0.1) is 0 Å². The molecule has 168 valence electrons. The molecule has 0 fully saturated rings. The molecule has 0 saturated carbocycles. The van der Waals surface area contributed by atoms with Gasteiger partial charge in [0, 0.05) is 12.6 Å². The number of hydrogen-bond donors (Lipinski definition) is 1. The van der Waals surface area contributed by atoms with Gasteiger partial charge in [0.1, 0.15) is 23.4 Å². The van der Waals surface area contributed by atoms with E-state index in [1.165, 1.54) is 29.2 Å². The molecule has 7 heteroatoms. The summed E-state index contributed by atoms with van der Waals surface area (Å²) in [6.45, 7) is 5.79. The standard InChI is InChI=1S/C24H31FN2O4/c1-5-17(3)26-24(29)22(6-2)27(15-18-7-11-20(30-4)12-8-18)23(28)16-31-21-13-9-19(25)10-14-21/h7-14,17,22H,5-6,15-16H2,1-4H3,(H,26,29)/t17-,22-/m1/s1. The van der Waals surface area contributed by atoms with Crippen LogP contribution in [0, 0.1) is 5.82 Å². The van der Waals surface area contributed by atoms with Gasteiger partial charge in [-0.3, -0.25) is 9.59 Å². The van der Waals surface area contributed by atoms with Crippen molar-refractivity contribution in [2.45, 2.75) is 52.2 Å². The van der Waals surface area contributed by atoms with E-state index in [4.69, 9.17) is 9.47 Å². The molecule has 0 spiro atoms. The lowest BCUT2D eigenvalue weighted by Gasteiger charge is -2.31. The zero-order valence-corrected chi connectivity index (χ0v) is 18.6. The second-order valence-corrected chi connectivity index (χ2v) is 7.35. The predicted octanol–water partition coefficient (Wildman–Crippen LogP) is 3.94. The molecular weight excluding hydrogens is 399 g/mol. The molecule has 2 aromatic carbocycles. The Morgan fingerprint density at radius 2 is 1.61 bits per heavy atom. The van der Waals surface area contributed by atoms with Crippen molar-refractivity contribution in [3.63, 3.8) is 0 Å². The summed E-state index contributed by atoms with van der Waals surface area (Å²) in [5.41, 5.74) is 0.866. The molecule has 0 aliphatic heterocycles. The van der Waals surface area contributed by atoms with E-state index in [-0.39, 0.29) is 36.8 Å². The first kappa shape index (κ1) is 24.2. The molecule has 0 aromatic heterocycles. The van der Waals surface area contributed by atoms with E-state index in [1.807, 2.05) is 45.0 Å². The van der Waals surface area contributed by atoms with E-state index < -0.39 is 6.04 Å². The quantitative estimate of drug-likeness (QED) is 0.586. The third-order valence-electron chi connectivity index (χ3n) is 5.07. The number of benzene rings is 2. The van der Waals surface area contributed by atoms with Gasteiger partial charge in [-0.2, -0.15) is 0 Å². The van der Waals surface area contributed by atoms with E-state index in [1.54, 1.807) is 7.11 Å². The van der Waals surface area contributed by atoms with Crippen LogP contribution < -0.4 is 14.8 Å². The first-order valence-electron chi connectivity index (χ1n) is 10.5. The normalized spacial score (nSPS) is 12.5. The maximum Gasteiger partial charge on any atom is 0.261 e. The van der Waals surface area contributed by atoms with Crippen LogP contribution in [0.2, 0.25) is 0 Å². The molecule has 0 saturated heterocycles. The summed E-state index contributed by atoms with van der Waals surface area (Å²) in [5, 5.41) is 2.96. The number of halogens is 1. The largest absolute Gasteiger partial charge is 0.497 e. The van der Waals surface area contributed by atoms with Gasteiger partial charge in [-0.05, 0) is 61.7 Å². The maximum atomic E-state index is 13.1. The Morgan fingerprint density at radius 3 is 2.16 bits per heavy atom. The molecule has 2 aromatic rings. The van der Waals surface area contributed by atoms with Crippen LogP contribution in [-0.2, 0) is 16.1 Å². The molecule has 1 N–H and O–H groups in total. The number of ether oxygens (including phenoxy) is 2. The van der Waals surface area contributed by atoms with Crippen molar-refractivity contribution in [1.29, 1.82) is 0 Å². The molecule has 0 unspecified atom stereocenters. The molecule has 2 atom stereocenters. The number of carbonyl (C=O) groups excluding carboxylic acids is 2. The summed E-state index contributed by atoms with van der Waals surface area (Å²) >= 11 is 0. The highest BCUT2D eigenvalue weighted by Gasteiger charge is 2.29. The van der Waals surface area contributed by atoms with Crippen molar-refractivity contribution in [3.8, 4) is 11.5 Å². The molecule has 2 amide bonds. The van der Waals surface area contributed by atoms with Crippen LogP contribution in [0.3, 0.4) is 0 Å². The van der Waals surface area contributed by atoms with E-state index in [9.17, 15) is 14.0 Å². The Morgan fingerprint density at radius 1 is 1.00 bits per heavy atom. The Hall–Kier alpha value is -3.09. The minimum absolute atomic E-state index is 0.00922. The van der Waals surface area contributed by atoms with Crippen LogP contribution in [-0.4, -0.2) is 42.5 Å². The summed E-state index contributed by atoms with van der Waals surface area (Å²) in [6, 6.07) is 12.2. The van der Waals surface area contributed by atoms with Crippen molar-refractivity contribution < 1.29 is 23.5 Å². The van der Waals surface area contributed by atoms with E-state index >= 15 is 0 Å². The van der Waals surface area contributed by atoms with Gasteiger partial charge in [0.25, 0.3) is 5.91 Å².